The molecule has 3 aromatic carbocycles. The zero-order chi connectivity index (χ0) is 22.4. The molecule has 0 aromatic heterocycles. The van der Waals surface area contributed by atoms with E-state index in [4.69, 9.17) is 17.7 Å². The maximum Gasteiger partial charge on any atom is 0.485 e. The third-order valence-electron chi connectivity index (χ3n) is 3.81. The molecule has 0 spiro atoms. The maximum absolute atomic E-state index is 10.7. The van der Waals surface area contributed by atoms with Crippen LogP contribution in [0.4, 0.5) is 13.2 Å². The third kappa shape index (κ3) is 6.51. The Bertz CT molecular complexity index is 1030. The molecule has 1 unspecified atom stereocenters. The minimum atomic E-state index is -6.09. The van der Waals surface area contributed by atoms with Crippen LogP contribution in [0.1, 0.15) is 5.56 Å². The smallest absolute Gasteiger partial charge is 0.485 e. The van der Waals surface area contributed by atoms with E-state index in [1.807, 2.05) is 12.1 Å². The quantitative estimate of drug-likeness (QED) is 0.309. The topological polar surface area (TPSA) is 66.4 Å². The minimum absolute atomic E-state index is 0.0887. The van der Waals surface area contributed by atoms with Crippen LogP contribution in [0.5, 0.6) is 5.75 Å². The third-order valence-corrected chi connectivity index (χ3v) is 6.61. The summed E-state index contributed by atoms with van der Waals surface area (Å²) in [5.74, 6) is 0.893. The van der Waals surface area contributed by atoms with Crippen molar-refractivity contribution in [1.82, 2.24) is 0 Å². The molecule has 0 N–H and O–H groups in total. The number of benzene rings is 3. The molecule has 30 heavy (non-hydrogen) atoms. The standard InChI is InChI=1S/C20H19OS.CHF3O3S/c1-16-8-12-19(13-9-16)22(18-6-4-3-5-7-18)20-14-10-17(21-2)11-15-20;2-1(3,4)8(5,6)7/h3-15H,1-2H3;(H,5,6,7)/q+1;/p-1. The van der Waals surface area contributed by atoms with Crippen LogP contribution in [0.3, 0.4) is 0 Å². The van der Waals surface area contributed by atoms with Gasteiger partial charge in [0.15, 0.2) is 24.8 Å². The predicted molar refractivity (Wildman–Crippen MR) is 109 cm³/mol. The molecular weight excluding hydrogens is 437 g/mol. The Balaban J connectivity index is 0.000000343. The van der Waals surface area contributed by atoms with Gasteiger partial charge in [-0.3, -0.25) is 0 Å². The zero-order valence-electron chi connectivity index (χ0n) is 16.1. The van der Waals surface area contributed by atoms with Crippen LogP contribution in [0.2, 0.25) is 0 Å². The Hall–Kier alpha value is -2.49. The summed E-state index contributed by atoms with van der Waals surface area (Å²) in [7, 11) is -4.48. The number of hydrogen-bond donors (Lipinski definition) is 0. The van der Waals surface area contributed by atoms with Crippen LogP contribution in [-0.4, -0.2) is 25.6 Å². The van der Waals surface area contributed by atoms with Crippen LogP contribution < -0.4 is 4.74 Å². The Labute approximate surface area is 176 Å². The number of rotatable bonds is 4. The Morgan fingerprint density at radius 1 is 0.800 bits per heavy atom. The molecule has 0 aliphatic heterocycles. The molecule has 0 amide bonds. The molecule has 0 heterocycles. The average molecular weight is 457 g/mol. The van der Waals surface area contributed by atoms with Gasteiger partial charge in [0.05, 0.1) is 18.0 Å². The highest BCUT2D eigenvalue weighted by atomic mass is 32.2. The highest BCUT2D eigenvalue weighted by Gasteiger charge is 2.37. The van der Waals surface area contributed by atoms with E-state index in [2.05, 4.69) is 73.7 Å². The SMILES string of the molecule is COc1ccc([S+](c2ccccc2)c2ccc(C)cc2)cc1.O=S(=O)([O-])C(F)(F)F. The van der Waals surface area contributed by atoms with Gasteiger partial charge in [0.1, 0.15) is 5.75 Å². The molecular formula is C21H19F3O4S2. The molecule has 160 valence electrons. The monoisotopic (exact) mass is 456 g/mol. The van der Waals surface area contributed by atoms with Crippen molar-refractivity contribution in [3.8, 4) is 5.75 Å². The van der Waals surface area contributed by atoms with E-state index in [0.717, 1.165) is 5.75 Å². The first kappa shape index (κ1) is 23.8. The molecule has 0 radical (unpaired) electrons. The van der Waals surface area contributed by atoms with E-state index in [-0.39, 0.29) is 10.9 Å². The molecule has 0 aliphatic rings. The van der Waals surface area contributed by atoms with Gasteiger partial charge >= 0.3 is 5.51 Å². The maximum atomic E-state index is 10.7. The van der Waals surface area contributed by atoms with Crippen molar-refractivity contribution in [3.05, 3.63) is 84.4 Å². The summed E-state index contributed by atoms with van der Waals surface area (Å²) in [5, 5.41) is 0. The summed E-state index contributed by atoms with van der Waals surface area (Å²) in [5.41, 5.74) is -4.36. The fourth-order valence-electron chi connectivity index (χ4n) is 2.35. The number of aryl methyl sites for hydroxylation is 1. The van der Waals surface area contributed by atoms with Gasteiger partial charge in [-0.25, -0.2) is 8.42 Å². The molecule has 0 aliphatic carbocycles. The van der Waals surface area contributed by atoms with Crippen molar-refractivity contribution in [3.63, 3.8) is 0 Å². The van der Waals surface area contributed by atoms with E-state index < -0.39 is 15.6 Å². The Morgan fingerprint density at radius 3 is 1.60 bits per heavy atom. The van der Waals surface area contributed by atoms with Crippen LogP contribution >= 0.6 is 0 Å². The molecule has 3 rings (SSSR count). The van der Waals surface area contributed by atoms with E-state index in [1.54, 1.807) is 7.11 Å². The minimum Gasteiger partial charge on any atom is -0.741 e. The van der Waals surface area contributed by atoms with Gasteiger partial charge in [0.25, 0.3) is 0 Å². The summed E-state index contributed by atoms with van der Waals surface area (Å²) in [6.45, 7) is 2.12. The van der Waals surface area contributed by atoms with E-state index in [0.29, 0.717) is 0 Å². The molecule has 9 heteroatoms. The van der Waals surface area contributed by atoms with Gasteiger partial charge in [-0.15, -0.1) is 0 Å². The van der Waals surface area contributed by atoms with Gasteiger partial charge in [-0.2, -0.15) is 13.2 Å². The van der Waals surface area contributed by atoms with Crippen LogP contribution in [0.15, 0.2) is 93.5 Å². The lowest BCUT2D eigenvalue weighted by atomic mass is 10.2. The van der Waals surface area contributed by atoms with Crippen molar-refractivity contribution in [2.24, 2.45) is 0 Å². The number of ether oxygens (including phenoxy) is 1. The van der Waals surface area contributed by atoms with Gasteiger partial charge in [0.2, 0.25) is 0 Å². The van der Waals surface area contributed by atoms with Crippen LogP contribution in [0.25, 0.3) is 0 Å². The van der Waals surface area contributed by atoms with Crippen molar-refractivity contribution in [1.29, 1.82) is 0 Å². The summed E-state index contributed by atoms with van der Waals surface area (Å²) in [6.07, 6.45) is 0. The van der Waals surface area contributed by atoms with Gasteiger partial charge in [0, 0.05) is 0 Å². The highest BCUT2D eigenvalue weighted by Crippen LogP contribution is 2.32. The number of alkyl halides is 3. The summed E-state index contributed by atoms with van der Waals surface area (Å²) in [6, 6.07) is 27.9. The molecule has 0 bridgehead atoms. The lowest BCUT2D eigenvalue weighted by Crippen LogP contribution is -2.21. The first-order valence-corrected chi connectivity index (χ1v) is 11.2. The molecule has 1 atom stereocenters. The molecule has 3 aromatic rings. The fraction of sp³-hybridized carbons (Fsp3) is 0.143. The lowest BCUT2D eigenvalue weighted by molar-refractivity contribution is -0.0517. The number of methoxy groups -OCH3 is 1. The van der Waals surface area contributed by atoms with Crippen LogP contribution in [-0.2, 0) is 21.0 Å². The summed E-state index contributed by atoms with van der Waals surface area (Å²) < 4.78 is 64.2. The van der Waals surface area contributed by atoms with E-state index >= 15 is 0 Å². The Kier molecular flexibility index (Phi) is 7.94. The van der Waals surface area contributed by atoms with E-state index in [9.17, 15) is 13.2 Å². The summed E-state index contributed by atoms with van der Waals surface area (Å²) in [4.78, 5) is 3.97. The Morgan fingerprint density at radius 2 is 1.20 bits per heavy atom. The molecule has 0 saturated carbocycles. The van der Waals surface area contributed by atoms with Crippen molar-refractivity contribution in [2.45, 2.75) is 27.1 Å². The van der Waals surface area contributed by atoms with Crippen molar-refractivity contribution < 1.29 is 30.9 Å². The number of hydrogen-bond acceptors (Lipinski definition) is 4. The second-order valence-corrected chi connectivity index (χ2v) is 9.41. The van der Waals surface area contributed by atoms with Gasteiger partial charge in [-0.1, -0.05) is 35.9 Å². The van der Waals surface area contributed by atoms with Gasteiger partial charge in [-0.05, 0) is 55.5 Å². The van der Waals surface area contributed by atoms with Crippen molar-refractivity contribution in [2.75, 3.05) is 7.11 Å². The number of halogens is 3. The fourth-order valence-corrected chi connectivity index (χ4v) is 4.41. The zero-order valence-corrected chi connectivity index (χ0v) is 17.7. The van der Waals surface area contributed by atoms with Crippen LogP contribution in [0, 0.1) is 6.92 Å². The second kappa shape index (κ2) is 10.0. The largest absolute Gasteiger partial charge is 0.741 e. The normalized spacial score (nSPS) is 12.5. The molecule has 4 nitrogen and oxygen atoms in total. The predicted octanol–water partition coefficient (Wildman–Crippen LogP) is 5.15. The van der Waals surface area contributed by atoms with E-state index in [1.165, 1.54) is 20.2 Å². The second-order valence-electron chi connectivity index (χ2n) is 6.01. The van der Waals surface area contributed by atoms with Gasteiger partial charge < -0.3 is 9.29 Å². The highest BCUT2D eigenvalue weighted by molar-refractivity contribution is 7.97. The first-order chi connectivity index (χ1) is 14.0. The first-order valence-electron chi connectivity index (χ1n) is 8.55. The van der Waals surface area contributed by atoms with Crippen molar-refractivity contribution >= 4 is 21.0 Å². The molecule has 0 fully saturated rings. The average Bonchev–Trinajstić information content (AvgIpc) is 2.70. The molecule has 0 saturated heterocycles. The lowest BCUT2D eigenvalue weighted by Gasteiger charge is -2.08. The summed E-state index contributed by atoms with van der Waals surface area (Å²) >= 11 is 0.